The standard InChI is InChI=1S/C13H17N/c1-11(13-8-3-2-4-9-13)14-10-12-6-5-7-12/h2-4,8-12H,5-7H2,1H3/t11-/m1/s1/i6D/t6-,11+,12-/m0. The number of hydrogen-bond donors (Lipinski definition) is 0. The van der Waals surface area contributed by atoms with Gasteiger partial charge in [-0.05, 0) is 31.2 Å². The first-order valence-electron chi connectivity index (χ1n) is 5.85. The molecule has 1 aromatic carbocycles. The van der Waals surface area contributed by atoms with Crippen molar-refractivity contribution in [2.24, 2.45) is 10.9 Å². The number of rotatable bonds is 3. The van der Waals surface area contributed by atoms with E-state index in [9.17, 15) is 0 Å². The van der Waals surface area contributed by atoms with Crippen molar-refractivity contribution < 1.29 is 1.37 Å². The van der Waals surface area contributed by atoms with E-state index in [1.165, 1.54) is 5.56 Å². The normalized spacial score (nSPS) is 29.6. The van der Waals surface area contributed by atoms with Crippen LogP contribution in [0.3, 0.4) is 0 Å². The molecule has 0 unspecified atom stereocenters. The Morgan fingerprint density at radius 1 is 1.50 bits per heavy atom. The summed E-state index contributed by atoms with van der Waals surface area (Å²) < 4.78 is 7.63. The fraction of sp³-hybridized carbons (Fsp3) is 0.462. The van der Waals surface area contributed by atoms with Crippen molar-refractivity contribution in [3.05, 3.63) is 35.9 Å². The maximum absolute atomic E-state index is 7.63. The molecule has 1 aromatic rings. The van der Waals surface area contributed by atoms with Crippen molar-refractivity contribution in [3.63, 3.8) is 0 Å². The van der Waals surface area contributed by atoms with Crippen molar-refractivity contribution in [3.8, 4) is 0 Å². The summed E-state index contributed by atoms with van der Waals surface area (Å²) >= 11 is 0. The van der Waals surface area contributed by atoms with E-state index in [0.29, 0.717) is 5.92 Å². The van der Waals surface area contributed by atoms with Gasteiger partial charge in [-0.25, -0.2) is 0 Å². The molecule has 74 valence electrons. The van der Waals surface area contributed by atoms with E-state index in [1.807, 2.05) is 24.4 Å². The third-order valence-corrected chi connectivity index (χ3v) is 2.75. The third-order valence-electron chi connectivity index (χ3n) is 2.75. The lowest BCUT2D eigenvalue weighted by molar-refractivity contribution is 0.419. The summed E-state index contributed by atoms with van der Waals surface area (Å²) in [5, 5.41) is 0. The highest BCUT2D eigenvalue weighted by Crippen LogP contribution is 2.25. The molecule has 1 heteroatoms. The zero-order valence-electron chi connectivity index (χ0n) is 9.56. The quantitative estimate of drug-likeness (QED) is 0.642. The molecule has 0 saturated heterocycles. The Kier molecular flexibility index (Phi) is 2.59. The molecule has 0 heterocycles. The number of aliphatic imine (C=N–C) groups is 1. The van der Waals surface area contributed by atoms with Crippen LogP contribution < -0.4 is 0 Å². The zero-order chi connectivity index (χ0) is 10.7. The highest BCUT2D eigenvalue weighted by Gasteiger charge is 2.14. The number of benzene rings is 1. The average Bonchev–Trinajstić information content (AvgIpc) is 2.28. The molecule has 1 fully saturated rings. The van der Waals surface area contributed by atoms with Crippen molar-refractivity contribution >= 4 is 6.21 Å². The van der Waals surface area contributed by atoms with Crippen LogP contribution in [0.2, 0.25) is 0 Å². The Bertz CT molecular complexity index is 334. The average molecular weight is 188 g/mol. The fourth-order valence-corrected chi connectivity index (χ4v) is 1.55. The summed E-state index contributed by atoms with van der Waals surface area (Å²) in [6.07, 6.45) is 4.26. The van der Waals surface area contributed by atoms with Gasteiger partial charge < -0.3 is 0 Å². The van der Waals surface area contributed by atoms with E-state index in [1.54, 1.807) is 0 Å². The lowest BCUT2D eigenvalue weighted by Crippen LogP contribution is -2.12. The van der Waals surface area contributed by atoms with Crippen molar-refractivity contribution in [1.82, 2.24) is 0 Å². The molecule has 0 radical (unpaired) electrons. The smallest absolute Gasteiger partial charge is 0.0717 e. The molecule has 0 aromatic heterocycles. The van der Waals surface area contributed by atoms with Gasteiger partial charge in [-0.2, -0.15) is 0 Å². The summed E-state index contributed by atoms with van der Waals surface area (Å²) in [5.74, 6) is 0.399. The van der Waals surface area contributed by atoms with E-state index < -0.39 is 0 Å². The summed E-state index contributed by atoms with van der Waals surface area (Å²) in [5.41, 5.74) is 1.25. The molecule has 0 N–H and O–H groups in total. The van der Waals surface area contributed by atoms with Gasteiger partial charge in [0.2, 0.25) is 0 Å². The zero-order valence-corrected chi connectivity index (χ0v) is 8.56. The second-order valence-electron chi connectivity index (χ2n) is 3.86. The maximum atomic E-state index is 7.63. The molecule has 0 aliphatic heterocycles. The first-order chi connectivity index (χ1) is 7.27. The van der Waals surface area contributed by atoms with E-state index in [4.69, 9.17) is 1.37 Å². The van der Waals surface area contributed by atoms with Crippen LogP contribution >= 0.6 is 0 Å². The van der Waals surface area contributed by atoms with Crippen LogP contribution in [0.25, 0.3) is 0 Å². The van der Waals surface area contributed by atoms with Crippen LogP contribution in [0.5, 0.6) is 0 Å². The molecule has 0 spiro atoms. The summed E-state index contributed by atoms with van der Waals surface area (Å²) in [7, 11) is 0. The van der Waals surface area contributed by atoms with E-state index in [2.05, 4.69) is 24.0 Å². The van der Waals surface area contributed by atoms with Crippen LogP contribution in [0.4, 0.5) is 0 Å². The summed E-state index contributed by atoms with van der Waals surface area (Å²) in [6, 6.07) is 10.5. The highest BCUT2D eigenvalue weighted by atomic mass is 14.8. The minimum absolute atomic E-state index is 0.0942. The highest BCUT2D eigenvalue weighted by molar-refractivity contribution is 5.62. The Morgan fingerprint density at radius 2 is 2.29 bits per heavy atom. The molecular formula is C13H17N. The molecule has 3 atom stereocenters. The molecular weight excluding hydrogens is 170 g/mol. The summed E-state index contributed by atoms with van der Waals surface area (Å²) in [6.45, 7) is 2.10. The van der Waals surface area contributed by atoms with Gasteiger partial charge in [0.05, 0.1) is 6.04 Å². The Hall–Kier alpha value is -1.11. The molecule has 1 aliphatic carbocycles. The number of hydrogen-bond acceptors (Lipinski definition) is 1. The van der Waals surface area contributed by atoms with Gasteiger partial charge in [0.15, 0.2) is 0 Å². The summed E-state index contributed by atoms with van der Waals surface area (Å²) in [4.78, 5) is 4.52. The van der Waals surface area contributed by atoms with Crippen LogP contribution in [-0.4, -0.2) is 6.21 Å². The molecule has 0 amide bonds. The molecule has 14 heavy (non-hydrogen) atoms. The van der Waals surface area contributed by atoms with Gasteiger partial charge in [0, 0.05) is 7.59 Å². The van der Waals surface area contributed by atoms with Gasteiger partial charge >= 0.3 is 0 Å². The first-order valence-corrected chi connectivity index (χ1v) is 5.28. The van der Waals surface area contributed by atoms with E-state index in [-0.39, 0.29) is 12.4 Å². The van der Waals surface area contributed by atoms with Crippen molar-refractivity contribution in [2.45, 2.75) is 32.2 Å². The Morgan fingerprint density at radius 3 is 2.86 bits per heavy atom. The fourth-order valence-electron chi connectivity index (χ4n) is 1.55. The second-order valence-corrected chi connectivity index (χ2v) is 3.86. The van der Waals surface area contributed by atoms with Crippen LogP contribution in [0.1, 0.15) is 39.1 Å². The third kappa shape index (κ3) is 2.22. The van der Waals surface area contributed by atoms with Crippen molar-refractivity contribution in [2.75, 3.05) is 0 Å². The monoisotopic (exact) mass is 188 g/mol. The van der Waals surface area contributed by atoms with Crippen LogP contribution in [0, 0.1) is 5.92 Å². The Balaban J connectivity index is 1.94. The predicted molar refractivity (Wildman–Crippen MR) is 60.7 cm³/mol. The molecule has 2 rings (SSSR count). The number of nitrogens with zero attached hydrogens (tertiary/aromatic N) is 1. The van der Waals surface area contributed by atoms with E-state index in [0.717, 1.165) is 12.8 Å². The van der Waals surface area contributed by atoms with Crippen molar-refractivity contribution in [1.29, 1.82) is 0 Å². The first kappa shape index (κ1) is 8.22. The second kappa shape index (κ2) is 4.41. The molecule has 1 nitrogen and oxygen atoms in total. The Labute approximate surface area is 87.3 Å². The molecule has 1 aliphatic rings. The molecule has 0 bridgehead atoms. The van der Waals surface area contributed by atoms with Gasteiger partial charge in [-0.1, -0.05) is 36.8 Å². The van der Waals surface area contributed by atoms with E-state index >= 15 is 0 Å². The maximum Gasteiger partial charge on any atom is 0.0717 e. The van der Waals surface area contributed by atoms with Gasteiger partial charge in [0.1, 0.15) is 0 Å². The van der Waals surface area contributed by atoms with Crippen LogP contribution in [-0.2, 0) is 0 Å². The van der Waals surface area contributed by atoms with Gasteiger partial charge in [0.25, 0.3) is 0 Å². The van der Waals surface area contributed by atoms with Gasteiger partial charge in [-0.15, -0.1) is 0 Å². The molecule has 1 saturated carbocycles. The largest absolute Gasteiger partial charge is 0.289 e. The van der Waals surface area contributed by atoms with Gasteiger partial charge in [-0.3, -0.25) is 4.99 Å². The topological polar surface area (TPSA) is 12.4 Å². The predicted octanol–water partition coefficient (Wildman–Crippen LogP) is 3.62. The lowest BCUT2D eigenvalue weighted by Gasteiger charge is -2.21. The minimum atomic E-state index is 0.0942. The SMILES string of the molecule is [2H][C@H]1CC[C@H]1C=N[C@H](C)c1ccccc1. The lowest BCUT2D eigenvalue weighted by atomic mass is 9.86. The van der Waals surface area contributed by atoms with Crippen LogP contribution in [0.15, 0.2) is 35.3 Å². The minimum Gasteiger partial charge on any atom is -0.289 e.